The summed E-state index contributed by atoms with van der Waals surface area (Å²) < 4.78 is 1.25. The van der Waals surface area contributed by atoms with Crippen LogP contribution >= 0.6 is 0 Å². The lowest BCUT2D eigenvalue weighted by Gasteiger charge is -2.19. The van der Waals surface area contributed by atoms with E-state index in [1.165, 1.54) is 16.3 Å². The Bertz CT molecular complexity index is 581. The third kappa shape index (κ3) is 3.42. The molecule has 100 valence electrons. The Kier molecular flexibility index (Phi) is 4.30. The average Bonchev–Trinajstić information content (AvgIpc) is 2.42. The SMILES string of the molecule is CN(Cc1ccccc1)c1cnn(CCO)c(=O)c1. The Labute approximate surface area is 111 Å². The number of hydrogen-bond acceptors (Lipinski definition) is 4. The van der Waals surface area contributed by atoms with E-state index in [4.69, 9.17) is 5.11 Å². The van der Waals surface area contributed by atoms with Crippen LogP contribution in [0.15, 0.2) is 47.4 Å². The molecule has 2 aromatic rings. The van der Waals surface area contributed by atoms with E-state index in [9.17, 15) is 4.79 Å². The lowest BCUT2D eigenvalue weighted by atomic mass is 10.2. The molecule has 0 amide bonds. The van der Waals surface area contributed by atoms with Gasteiger partial charge >= 0.3 is 0 Å². The summed E-state index contributed by atoms with van der Waals surface area (Å²) in [7, 11) is 1.92. The Hall–Kier alpha value is -2.14. The minimum absolute atomic E-state index is 0.0912. The molecule has 19 heavy (non-hydrogen) atoms. The van der Waals surface area contributed by atoms with Gasteiger partial charge in [-0.15, -0.1) is 0 Å². The summed E-state index contributed by atoms with van der Waals surface area (Å²) in [6, 6.07) is 11.6. The number of nitrogens with zero attached hydrogens (tertiary/aromatic N) is 3. The van der Waals surface area contributed by atoms with E-state index in [0.717, 1.165) is 5.69 Å². The number of aliphatic hydroxyl groups is 1. The van der Waals surface area contributed by atoms with Crippen LogP contribution in [-0.4, -0.2) is 28.5 Å². The van der Waals surface area contributed by atoms with Crippen molar-refractivity contribution in [3.05, 3.63) is 58.5 Å². The van der Waals surface area contributed by atoms with E-state index in [1.54, 1.807) is 6.20 Å². The highest BCUT2D eigenvalue weighted by Gasteiger charge is 2.05. The molecule has 0 aliphatic rings. The van der Waals surface area contributed by atoms with E-state index in [-0.39, 0.29) is 18.7 Å². The highest BCUT2D eigenvalue weighted by Crippen LogP contribution is 2.11. The zero-order valence-electron chi connectivity index (χ0n) is 10.9. The summed E-state index contributed by atoms with van der Waals surface area (Å²) in [6.45, 7) is 0.847. The molecule has 0 saturated carbocycles. The Balaban J connectivity index is 2.13. The average molecular weight is 259 g/mol. The Morgan fingerprint density at radius 3 is 2.68 bits per heavy atom. The highest BCUT2D eigenvalue weighted by molar-refractivity contribution is 5.42. The van der Waals surface area contributed by atoms with Crippen LogP contribution in [0.25, 0.3) is 0 Å². The molecule has 0 unspecified atom stereocenters. The van der Waals surface area contributed by atoms with Gasteiger partial charge in [0.2, 0.25) is 0 Å². The molecule has 0 aliphatic carbocycles. The van der Waals surface area contributed by atoms with Crippen molar-refractivity contribution in [1.29, 1.82) is 0 Å². The first-order valence-electron chi connectivity index (χ1n) is 6.14. The number of hydrogen-bond donors (Lipinski definition) is 1. The largest absolute Gasteiger partial charge is 0.394 e. The first-order chi connectivity index (χ1) is 9.20. The molecule has 0 radical (unpaired) electrons. The van der Waals surface area contributed by atoms with Gasteiger partial charge in [-0.25, -0.2) is 4.68 Å². The van der Waals surface area contributed by atoms with E-state index in [2.05, 4.69) is 5.10 Å². The normalized spacial score (nSPS) is 10.4. The molecular weight excluding hydrogens is 242 g/mol. The first-order valence-corrected chi connectivity index (χ1v) is 6.14. The van der Waals surface area contributed by atoms with Crippen molar-refractivity contribution in [1.82, 2.24) is 9.78 Å². The number of anilines is 1. The van der Waals surface area contributed by atoms with Crippen molar-refractivity contribution >= 4 is 5.69 Å². The van der Waals surface area contributed by atoms with E-state index < -0.39 is 0 Å². The monoisotopic (exact) mass is 259 g/mol. The van der Waals surface area contributed by atoms with Gasteiger partial charge in [0.15, 0.2) is 0 Å². The molecule has 1 aromatic heterocycles. The molecule has 0 bridgehead atoms. The molecule has 0 spiro atoms. The molecule has 0 aliphatic heterocycles. The van der Waals surface area contributed by atoms with Gasteiger partial charge in [0.1, 0.15) is 0 Å². The van der Waals surface area contributed by atoms with E-state index in [0.29, 0.717) is 6.54 Å². The highest BCUT2D eigenvalue weighted by atomic mass is 16.3. The molecule has 0 saturated heterocycles. The predicted molar refractivity (Wildman–Crippen MR) is 74.1 cm³/mol. The zero-order valence-corrected chi connectivity index (χ0v) is 10.9. The minimum atomic E-state index is -0.202. The van der Waals surface area contributed by atoms with Crippen molar-refractivity contribution in [2.45, 2.75) is 13.1 Å². The molecule has 1 heterocycles. The number of rotatable bonds is 5. The second-order valence-electron chi connectivity index (χ2n) is 4.34. The molecule has 2 rings (SSSR count). The van der Waals surface area contributed by atoms with E-state index in [1.807, 2.05) is 42.3 Å². The van der Waals surface area contributed by atoms with Gasteiger partial charge in [0.05, 0.1) is 25.0 Å². The molecule has 5 nitrogen and oxygen atoms in total. The second kappa shape index (κ2) is 6.15. The molecule has 5 heteroatoms. The van der Waals surface area contributed by atoms with Crippen LogP contribution in [0.4, 0.5) is 5.69 Å². The van der Waals surface area contributed by atoms with E-state index >= 15 is 0 Å². The van der Waals surface area contributed by atoms with Gasteiger partial charge in [-0.2, -0.15) is 5.10 Å². The molecule has 0 atom stereocenters. The van der Waals surface area contributed by atoms with Crippen LogP contribution in [0, 0.1) is 0 Å². The van der Waals surface area contributed by atoms with Crippen molar-refractivity contribution in [3.8, 4) is 0 Å². The van der Waals surface area contributed by atoms with Gasteiger partial charge in [0, 0.05) is 19.7 Å². The van der Waals surface area contributed by atoms with Crippen molar-refractivity contribution in [2.75, 3.05) is 18.6 Å². The summed E-state index contributed by atoms with van der Waals surface area (Å²) in [5, 5.41) is 12.8. The lowest BCUT2D eigenvalue weighted by Crippen LogP contribution is -2.26. The molecular formula is C14H17N3O2. The molecule has 1 aromatic carbocycles. The molecule has 1 N–H and O–H groups in total. The number of benzene rings is 1. The van der Waals surface area contributed by atoms with Gasteiger partial charge in [0.25, 0.3) is 5.56 Å². The maximum absolute atomic E-state index is 11.7. The summed E-state index contributed by atoms with van der Waals surface area (Å²) in [6.07, 6.45) is 1.64. The summed E-state index contributed by atoms with van der Waals surface area (Å²) >= 11 is 0. The summed E-state index contributed by atoms with van der Waals surface area (Å²) in [5.74, 6) is 0. The topological polar surface area (TPSA) is 58.4 Å². The second-order valence-corrected chi connectivity index (χ2v) is 4.34. The van der Waals surface area contributed by atoms with Crippen molar-refractivity contribution in [2.24, 2.45) is 0 Å². The van der Waals surface area contributed by atoms with Crippen LogP contribution in [0.5, 0.6) is 0 Å². The fourth-order valence-corrected chi connectivity index (χ4v) is 1.84. The fraction of sp³-hybridized carbons (Fsp3) is 0.286. The van der Waals surface area contributed by atoms with Crippen LogP contribution in [0.1, 0.15) is 5.56 Å². The van der Waals surface area contributed by atoms with Crippen molar-refractivity contribution in [3.63, 3.8) is 0 Å². The number of aliphatic hydroxyl groups excluding tert-OH is 1. The third-order valence-electron chi connectivity index (χ3n) is 2.87. The van der Waals surface area contributed by atoms with Gasteiger partial charge in [-0.05, 0) is 5.56 Å². The predicted octanol–water partition coefficient (Wildman–Crippen LogP) is 0.872. The van der Waals surface area contributed by atoms with Crippen LogP contribution in [0.2, 0.25) is 0 Å². The minimum Gasteiger partial charge on any atom is -0.394 e. The standard InChI is InChI=1S/C14H17N3O2/c1-16(11-12-5-3-2-4-6-12)13-9-14(19)17(7-8-18)15-10-13/h2-6,9-10,18H,7-8,11H2,1H3. The van der Waals surface area contributed by atoms with Gasteiger partial charge in [-0.1, -0.05) is 30.3 Å². The Morgan fingerprint density at radius 1 is 1.32 bits per heavy atom. The molecule has 0 fully saturated rings. The van der Waals surface area contributed by atoms with Crippen LogP contribution < -0.4 is 10.5 Å². The quantitative estimate of drug-likeness (QED) is 0.865. The van der Waals surface area contributed by atoms with Gasteiger partial charge < -0.3 is 10.0 Å². The Morgan fingerprint density at radius 2 is 2.05 bits per heavy atom. The first kappa shape index (κ1) is 13.3. The maximum atomic E-state index is 11.7. The summed E-state index contributed by atoms with van der Waals surface area (Å²) in [4.78, 5) is 13.7. The van der Waals surface area contributed by atoms with Crippen LogP contribution in [-0.2, 0) is 13.1 Å². The smallest absolute Gasteiger partial charge is 0.268 e. The fourth-order valence-electron chi connectivity index (χ4n) is 1.84. The van der Waals surface area contributed by atoms with Gasteiger partial charge in [-0.3, -0.25) is 4.79 Å². The summed E-state index contributed by atoms with van der Waals surface area (Å²) in [5.41, 5.74) is 1.74. The van der Waals surface area contributed by atoms with Crippen molar-refractivity contribution < 1.29 is 5.11 Å². The number of aromatic nitrogens is 2. The zero-order chi connectivity index (χ0) is 13.7. The van der Waals surface area contributed by atoms with Crippen LogP contribution in [0.3, 0.4) is 0 Å². The third-order valence-corrected chi connectivity index (χ3v) is 2.87. The lowest BCUT2D eigenvalue weighted by molar-refractivity contribution is 0.266. The maximum Gasteiger partial charge on any atom is 0.268 e.